The summed E-state index contributed by atoms with van der Waals surface area (Å²) in [6, 6.07) is 6.83. The molecule has 0 aliphatic rings. The highest BCUT2D eigenvalue weighted by Gasteiger charge is 2.16. The van der Waals surface area contributed by atoms with Crippen LogP contribution in [-0.4, -0.2) is 16.2 Å². The van der Waals surface area contributed by atoms with Gasteiger partial charge in [-0.05, 0) is 17.7 Å². The first-order chi connectivity index (χ1) is 7.18. The standard InChI is InChI=1S/C10H6ClNO3/c11-7-3-1-2-6(4-7)8-5-15-12-9(8)10(13)14/h1-5H,(H,13,14). The van der Waals surface area contributed by atoms with Gasteiger partial charge in [-0.3, -0.25) is 0 Å². The number of nitrogens with zero attached hydrogens (tertiary/aromatic N) is 1. The number of benzene rings is 1. The zero-order chi connectivity index (χ0) is 10.8. The highest BCUT2D eigenvalue weighted by Crippen LogP contribution is 2.25. The Morgan fingerprint density at radius 2 is 2.27 bits per heavy atom. The molecule has 15 heavy (non-hydrogen) atoms. The Balaban J connectivity index is 2.54. The van der Waals surface area contributed by atoms with E-state index in [2.05, 4.69) is 9.68 Å². The Bertz CT molecular complexity index is 507. The summed E-state index contributed by atoms with van der Waals surface area (Å²) in [6.07, 6.45) is 1.29. The number of hydrogen-bond donors (Lipinski definition) is 1. The van der Waals surface area contributed by atoms with Crippen molar-refractivity contribution in [2.24, 2.45) is 0 Å². The Hall–Kier alpha value is -1.81. The van der Waals surface area contributed by atoms with Gasteiger partial charge < -0.3 is 9.63 Å². The Morgan fingerprint density at radius 1 is 1.47 bits per heavy atom. The lowest BCUT2D eigenvalue weighted by atomic mass is 10.1. The average molecular weight is 224 g/mol. The second kappa shape index (κ2) is 3.74. The molecule has 0 atom stereocenters. The van der Waals surface area contributed by atoms with Gasteiger partial charge in [-0.1, -0.05) is 28.9 Å². The predicted molar refractivity (Wildman–Crippen MR) is 53.9 cm³/mol. The van der Waals surface area contributed by atoms with E-state index in [1.165, 1.54) is 6.26 Å². The third kappa shape index (κ3) is 1.85. The molecule has 0 saturated carbocycles. The fourth-order valence-corrected chi connectivity index (χ4v) is 1.44. The molecule has 4 nitrogen and oxygen atoms in total. The van der Waals surface area contributed by atoms with Crippen LogP contribution in [0.4, 0.5) is 0 Å². The average Bonchev–Trinajstić information content (AvgIpc) is 2.65. The molecule has 1 heterocycles. The number of carboxylic acid groups (broad SMARTS) is 1. The van der Waals surface area contributed by atoms with E-state index in [-0.39, 0.29) is 5.69 Å². The van der Waals surface area contributed by atoms with Crippen molar-refractivity contribution in [1.82, 2.24) is 5.16 Å². The molecule has 0 radical (unpaired) electrons. The van der Waals surface area contributed by atoms with Crippen molar-refractivity contribution in [3.8, 4) is 11.1 Å². The number of carboxylic acids is 1. The van der Waals surface area contributed by atoms with E-state index in [9.17, 15) is 4.79 Å². The second-order valence-corrected chi connectivity index (χ2v) is 3.33. The van der Waals surface area contributed by atoms with Crippen LogP contribution >= 0.6 is 11.6 Å². The summed E-state index contributed by atoms with van der Waals surface area (Å²) < 4.78 is 4.63. The van der Waals surface area contributed by atoms with Gasteiger partial charge in [0.05, 0.1) is 5.56 Å². The fraction of sp³-hybridized carbons (Fsp3) is 0. The summed E-state index contributed by atoms with van der Waals surface area (Å²) in [7, 11) is 0. The number of hydrogen-bond acceptors (Lipinski definition) is 3. The highest BCUT2D eigenvalue weighted by molar-refractivity contribution is 6.30. The first-order valence-electron chi connectivity index (χ1n) is 4.12. The van der Waals surface area contributed by atoms with Gasteiger partial charge in [0, 0.05) is 5.02 Å². The number of rotatable bonds is 2. The summed E-state index contributed by atoms with van der Waals surface area (Å²) in [5.41, 5.74) is 0.975. The molecular weight excluding hydrogens is 218 g/mol. The van der Waals surface area contributed by atoms with Crippen LogP contribution in [0, 0.1) is 0 Å². The lowest BCUT2D eigenvalue weighted by Crippen LogP contribution is -1.98. The van der Waals surface area contributed by atoms with Crippen LogP contribution in [0.1, 0.15) is 10.5 Å². The zero-order valence-corrected chi connectivity index (χ0v) is 8.23. The van der Waals surface area contributed by atoms with Crippen LogP contribution in [0.3, 0.4) is 0 Å². The predicted octanol–water partition coefficient (Wildman–Crippen LogP) is 2.69. The van der Waals surface area contributed by atoms with E-state index >= 15 is 0 Å². The molecule has 1 N–H and O–H groups in total. The quantitative estimate of drug-likeness (QED) is 0.850. The van der Waals surface area contributed by atoms with Gasteiger partial charge in [-0.2, -0.15) is 0 Å². The van der Waals surface area contributed by atoms with Gasteiger partial charge in [0.15, 0.2) is 5.69 Å². The molecule has 2 rings (SSSR count). The lowest BCUT2D eigenvalue weighted by Gasteiger charge is -1.98. The highest BCUT2D eigenvalue weighted by atomic mass is 35.5. The van der Waals surface area contributed by atoms with Crippen molar-refractivity contribution < 1.29 is 14.4 Å². The molecule has 0 spiro atoms. The monoisotopic (exact) mass is 223 g/mol. The Morgan fingerprint density at radius 3 is 2.93 bits per heavy atom. The summed E-state index contributed by atoms with van der Waals surface area (Å²) in [4.78, 5) is 10.8. The Labute approximate surface area is 90.1 Å². The van der Waals surface area contributed by atoms with Crippen LogP contribution < -0.4 is 0 Å². The largest absolute Gasteiger partial charge is 0.476 e. The molecule has 0 aliphatic carbocycles. The van der Waals surface area contributed by atoms with E-state index in [0.717, 1.165) is 0 Å². The van der Waals surface area contributed by atoms with Gasteiger partial charge in [0.1, 0.15) is 6.26 Å². The minimum atomic E-state index is -1.13. The van der Waals surface area contributed by atoms with Gasteiger partial charge in [-0.25, -0.2) is 4.79 Å². The summed E-state index contributed by atoms with van der Waals surface area (Å²) in [6.45, 7) is 0. The topological polar surface area (TPSA) is 63.3 Å². The molecule has 0 saturated heterocycles. The van der Waals surface area contributed by atoms with Crippen LogP contribution in [0.25, 0.3) is 11.1 Å². The summed E-state index contributed by atoms with van der Waals surface area (Å²) >= 11 is 5.80. The SMILES string of the molecule is O=C(O)c1nocc1-c1cccc(Cl)c1. The maximum Gasteiger partial charge on any atom is 0.358 e. The van der Waals surface area contributed by atoms with E-state index in [1.807, 2.05) is 0 Å². The molecule has 0 amide bonds. The van der Waals surface area contributed by atoms with Crippen molar-refractivity contribution >= 4 is 17.6 Å². The maximum absolute atomic E-state index is 10.8. The maximum atomic E-state index is 10.8. The van der Waals surface area contributed by atoms with E-state index in [0.29, 0.717) is 16.1 Å². The van der Waals surface area contributed by atoms with Crippen molar-refractivity contribution in [2.45, 2.75) is 0 Å². The number of aromatic carboxylic acids is 1. The number of carbonyl (C=O) groups is 1. The lowest BCUT2D eigenvalue weighted by molar-refractivity contribution is 0.0686. The van der Waals surface area contributed by atoms with E-state index in [4.69, 9.17) is 16.7 Å². The smallest absolute Gasteiger partial charge is 0.358 e. The van der Waals surface area contributed by atoms with Crippen molar-refractivity contribution in [1.29, 1.82) is 0 Å². The van der Waals surface area contributed by atoms with Crippen molar-refractivity contribution in [2.75, 3.05) is 0 Å². The molecule has 0 unspecified atom stereocenters. The molecule has 0 fully saturated rings. The minimum absolute atomic E-state index is 0.114. The molecular formula is C10H6ClNO3. The zero-order valence-electron chi connectivity index (χ0n) is 7.48. The van der Waals surface area contributed by atoms with Gasteiger partial charge in [0.2, 0.25) is 0 Å². The van der Waals surface area contributed by atoms with Gasteiger partial charge in [0.25, 0.3) is 0 Å². The van der Waals surface area contributed by atoms with Crippen LogP contribution in [-0.2, 0) is 0 Å². The van der Waals surface area contributed by atoms with Gasteiger partial charge in [-0.15, -0.1) is 0 Å². The van der Waals surface area contributed by atoms with Crippen LogP contribution in [0.2, 0.25) is 5.02 Å². The normalized spacial score (nSPS) is 10.2. The minimum Gasteiger partial charge on any atom is -0.476 e. The summed E-state index contributed by atoms with van der Waals surface area (Å²) in [5, 5.41) is 12.8. The second-order valence-electron chi connectivity index (χ2n) is 2.89. The summed E-state index contributed by atoms with van der Waals surface area (Å²) in [5.74, 6) is -1.13. The third-order valence-corrected chi connectivity index (χ3v) is 2.14. The van der Waals surface area contributed by atoms with E-state index < -0.39 is 5.97 Å². The van der Waals surface area contributed by atoms with Crippen LogP contribution in [0.5, 0.6) is 0 Å². The first kappa shape index (κ1) is 9.73. The van der Waals surface area contributed by atoms with Gasteiger partial charge >= 0.3 is 5.97 Å². The Kier molecular flexibility index (Phi) is 2.43. The fourth-order valence-electron chi connectivity index (χ4n) is 1.25. The van der Waals surface area contributed by atoms with Crippen molar-refractivity contribution in [3.63, 3.8) is 0 Å². The van der Waals surface area contributed by atoms with Crippen LogP contribution in [0.15, 0.2) is 35.1 Å². The molecule has 2 aromatic rings. The third-order valence-electron chi connectivity index (χ3n) is 1.91. The molecule has 0 aliphatic heterocycles. The first-order valence-corrected chi connectivity index (χ1v) is 4.50. The number of halogens is 1. The molecule has 0 bridgehead atoms. The molecule has 76 valence electrons. The molecule has 1 aromatic carbocycles. The molecule has 5 heteroatoms. The van der Waals surface area contributed by atoms with Crippen molar-refractivity contribution in [3.05, 3.63) is 41.2 Å². The van der Waals surface area contributed by atoms with E-state index in [1.54, 1.807) is 24.3 Å². The number of aromatic nitrogens is 1. The molecule has 1 aromatic heterocycles.